The van der Waals surface area contributed by atoms with Gasteiger partial charge in [-0.25, -0.2) is 0 Å². The molecule has 0 radical (unpaired) electrons. The Bertz CT molecular complexity index is 1000. The summed E-state index contributed by atoms with van der Waals surface area (Å²) < 4.78 is 11.2. The van der Waals surface area contributed by atoms with Crippen LogP contribution in [0.4, 0.5) is 0 Å². The second kappa shape index (κ2) is 6.90. The Morgan fingerprint density at radius 3 is 2.32 bits per heavy atom. The second-order valence-electron chi connectivity index (χ2n) is 5.81. The van der Waals surface area contributed by atoms with Gasteiger partial charge in [-0.2, -0.15) is 0 Å². The third-order valence-corrected chi connectivity index (χ3v) is 4.08. The number of carbonyl (C=O) groups is 1. The van der Waals surface area contributed by atoms with E-state index in [1.165, 1.54) is 6.07 Å². The van der Waals surface area contributed by atoms with Crippen molar-refractivity contribution in [1.29, 1.82) is 0 Å². The Labute approximate surface area is 153 Å². The van der Waals surface area contributed by atoms with E-state index in [9.17, 15) is 9.59 Å². The summed E-state index contributed by atoms with van der Waals surface area (Å²) in [5, 5.41) is 1.18. The number of fused-ring (bicyclic) bond motifs is 1. The van der Waals surface area contributed by atoms with Gasteiger partial charge in [-0.05, 0) is 42.5 Å². The summed E-state index contributed by atoms with van der Waals surface area (Å²) in [6, 6.07) is 11.4. The fourth-order valence-electron chi connectivity index (χ4n) is 2.25. The van der Waals surface area contributed by atoms with Crippen molar-refractivity contribution in [2.24, 2.45) is 5.92 Å². The van der Waals surface area contributed by atoms with Crippen molar-refractivity contribution in [3.8, 4) is 17.1 Å². The molecular formula is C19H14Cl2O4. The molecule has 0 unspecified atom stereocenters. The molecule has 0 amide bonds. The molecular weight excluding hydrogens is 363 g/mol. The zero-order chi connectivity index (χ0) is 18.1. The molecule has 0 aliphatic carbocycles. The topological polar surface area (TPSA) is 56.5 Å². The molecule has 0 fully saturated rings. The highest BCUT2D eigenvalue weighted by molar-refractivity contribution is 6.31. The average Bonchev–Trinajstić information content (AvgIpc) is 2.58. The van der Waals surface area contributed by atoms with Gasteiger partial charge >= 0.3 is 5.97 Å². The first-order valence-corrected chi connectivity index (χ1v) is 8.36. The van der Waals surface area contributed by atoms with Crippen LogP contribution in [-0.2, 0) is 4.79 Å². The molecule has 0 N–H and O–H groups in total. The van der Waals surface area contributed by atoms with Gasteiger partial charge in [0.05, 0.1) is 11.3 Å². The molecule has 2 aromatic carbocycles. The molecule has 128 valence electrons. The maximum Gasteiger partial charge on any atom is 0.314 e. The van der Waals surface area contributed by atoms with E-state index in [1.54, 1.807) is 50.2 Å². The standard InChI is InChI=1S/C19H14Cl2O4/c1-10(2)19(23)25-18-16(22)14-9-13(21)7-8-15(14)24-17(18)11-3-5-12(20)6-4-11/h3-10H,1-2H3. The lowest BCUT2D eigenvalue weighted by molar-refractivity contribution is -0.137. The lowest BCUT2D eigenvalue weighted by atomic mass is 10.1. The van der Waals surface area contributed by atoms with Crippen LogP contribution in [0.3, 0.4) is 0 Å². The molecule has 0 aliphatic heterocycles. The monoisotopic (exact) mass is 376 g/mol. The maximum absolute atomic E-state index is 12.9. The van der Waals surface area contributed by atoms with Crippen molar-refractivity contribution in [1.82, 2.24) is 0 Å². The Morgan fingerprint density at radius 2 is 1.68 bits per heavy atom. The van der Waals surface area contributed by atoms with Gasteiger partial charge < -0.3 is 9.15 Å². The highest BCUT2D eigenvalue weighted by atomic mass is 35.5. The van der Waals surface area contributed by atoms with Gasteiger partial charge in [0.1, 0.15) is 5.58 Å². The van der Waals surface area contributed by atoms with Gasteiger partial charge in [-0.1, -0.05) is 37.0 Å². The first-order valence-electron chi connectivity index (χ1n) is 7.61. The second-order valence-corrected chi connectivity index (χ2v) is 6.69. The Hall–Kier alpha value is -2.30. The molecule has 6 heteroatoms. The zero-order valence-electron chi connectivity index (χ0n) is 13.5. The molecule has 1 heterocycles. The number of esters is 1. The van der Waals surface area contributed by atoms with Gasteiger partial charge in [0, 0.05) is 15.6 Å². The van der Waals surface area contributed by atoms with Crippen molar-refractivity contribution in [3.63, 3.8) is 0 Å². The Balaban J connectivity index is 2.29. The number of ether oxygens (including phenoxy) is 1. The van der Waals surface area contributed by atoms with Crippen LogP contribution in [0.25, 0.3) is 22.3 Å². The van der Waals surface area contributed by atoms with E-state index in [4.69, 9.17) is 32.4 Å². The lowest BCUT2D eigenvalue weighted by Crippen LogP contribution is -2.20. The van der Waals surface area contributed by atoms with Crippen LogP contribution >= 0.6 is 23.2 Å². The summed E-state index contributed by atoms with van der Waals surface area (Å²) in [5.41, 5.74) is 0.469. The summed E-state index contributed by atoms with van der Waals surface area (Å²) in [5.74, 6) is -0.905. The molecule has 0 saturated heterocycles. The zero-order valence-corrected chi connectivity index (χ0v) is 15.0. The Morgan fingerprint density at radius 1 is 1.04 bits per heavy atom. The summed E-state index contributed by atoms with van der Waals surface area (Å²) in [6.45, 7) is 3.37. The van der Waals surface area contributed by atoms with Gasteiger partial charge in [-0.15, -0.1) is 0 Å². The summed E-state index contributed by atoms with van der Waals surface area (Å²) in [4.78, 5) is 24.9. The summed E-state index contributed by atoms with van der Waals surface area (Å²) in [6.07, 6.45) is 0. The van der Waals surface area contributed by atoms with Crippen molar-refractivity contribution < 1.29 is 13.9 Å². The molecule has 25 heavy (non-hydrogen) atoms. The SMILES string of the molecule is CC(C)C(=O)Oc1c(-c2ccc(Cl)cc2)oc2ccc(Cl)cc2c1=O. The molecule has 0 atom stereocenters. The predicted molar refractivity (Wildman–Crippen MR) is 98.4 cm³/mol. The van der Waals surface area contributed by atoms with E-state index >= 15 is 0 Å². The quantitative estimate of drug-likeness (QED) is 0.579. The van der Waals surface area contributed by atoms with E-state index in [0.29, 0.717) is 21.2 Å². The number of carbonyl (C=O) groups excluding carboxylic acids is 1. The fourth-order valence-corrected chi connectivity index (χ4v) is 2.55. The minimum absolute atomic E-state index is 0.157. The number of hydrogen-bond donors (Lipinski definition) is 0. The van der Waals surface area contributed by atoms with E-state index in [1.807, 2.05) is 0 Å². The van der Waals surface area contributed by atoms with Gasteiger partial charge in [0.15, 0.2) is 5.76 Å². The lowest BCUT2D eigenvalue weighted by Gasteiger charge is -2.12. The van der Waals surface area contributed by atoms with Crippen molar-refractivity contribution in [2.45, 2.75) is 13.8 Å². The molecule has 4 nitrogen and oxygen atoms in total. The van der Waals surface area contributed by atoms with Crippen LogP contribution < -0.4 is 10.2 Å². The van der Waals surface area contributed by atoms with E-state index in [-0.39, 0.29) is 16.9 Å². The minimum Gasteiger partial charge on any atom is -0.452 e. The highest BCUT2D eigenvalue weighted by Crippen LogP contribution is 2.32. The predicted octanol–water partition coefficient (Wildman–Crippen LogP) is 5.33. The van der Waals surface area contributed by atoms with Crippen LogP contribution in [-0.4, -0.2) is 5.97 Å². The molecule has 0 bridgehead atoms. The number of rotatable bonds is 3. The Kier molecular flexibility index (Phi) is 4.84. The van der Waals surface area contributed by atoms with Gasteiger partial charge in [0.25, 0.3) is 0 Å². The van der Waals surface area contributed by atoms with Crippen LogP contribution in [0, 0.1) is 5.92 Å². The largest absolute Gasteiger partial charge is 0.452 e. The van der Waals surface area contributed by atoms with Crippen LogP contribution in [0.1, 0.15) is 13.8 Å². The first kappa shape index (κ1) is 17.5. The van der Waals surface area contributed by atoms with E-state index < -0.39 is 17.3 Å². The fraction of sp³-hybridized carbons (Fsp3) is 0.158. The van der Waals surface area contributed by atoms with Crippen molar-refractivity contribution >= 4 is 40.1 Å². The first-order chi connectivity index (χ1) is 11.9. The highest BCUT2D eigenvalue weighted by Gasteiger charge is 2.22. The van der Waals surface area contributed by atoms with Crippen LogP contribution in [0.15, 0.2) is 51.7 Å². The summed E-state index contributed by atoms with van der Waals surface area (Å²) in [7, 11) is 0. The number of benzene rings is 2. The van der Waals surface area contributed by atoms with Gasteiger partial charge in [0.2, 0.25) is 11.2 Å². The molecule has 3 rings (SSSR count). The third kappa shape index (κ3) is 3.55. The average molecular weight is 377 g/mol. The number of halogens is 2. The van der Waals surface area contributed by atoms with E-state index in [0.717, 1.165) is 0 Å². The smallest absolute Gasteiger partial charge is 0.314 e. The van der Waals surface area contributed by atoms with E-state index in [2.05, 4.69) is 0 Å². The van der Waals surface area contributed by atoms with Crippen LogP contribution in [0.5, 0.6) is 5.75 Å². The third-order valence-electron chi connectivity index (χ3n) is 3.59. The van der Waals surface area contributed by atoms with Crippen molar-refractivity contribution in [3.05, 3.63) is 62.7 Å². The normalized spacial score (nSPS) is 11.1. The molecule has 0 saturated carbocycles. The molecule has 1 aromatic heterocycles. The van der Waals surface area contributed by atoms with Gasteiger partial charge in [-0.3, -0.25) is 9.59 Å². The van der Waals surface area contributed by atoms with Crippen molar-refractivity contribution in [2.75, 3.05) is 0 Å². The molecule has 3 aromatic rings. The molecule has 0 spiro atoms. The minimum atomic E-state index is -0.524. The summed E-state index contributed by atoms with van der Waals surface area (Å²) >= 11 is 11.9. The maximum atomic E-state index is 12.9. The van der Waals surface area contributed by atoms with Crippen LogP contribution in [0.2, 0.25) is 10.0 Å². The molecule has 0 aliphatic rings. The number of hydrogen-bond acceptors (Lipinski definition) is 4.